The summed E-state index contributed by atoms with van der Waals surface area (Å²) >= 11 is 14.4. The van der Waals surface area contributed by atoms with Crippen molar-refractivity contribution in [3.8, 4) is 17.2 Å². The molecule has 8 rings (SSSR count). The minimum atomic E-state index is -0.958. The number of fused-ring (bicyclic) bond motifs is 4. The first-order chi connectivity index (χ1) is 22.0. The van der Waals surface area contributed by atoms with Crippen molar-refractivity contribution in [2.45, 2.75) is 69.1 Å². The summed E-state index contributed by atoms with van der Waals surface area (Å²) in [7, 11) is 0. The molecule has 4 aromatic rings. The number of benzene rings is 2. The van der Waals surface area contributed by atoms with Crippen LogP contribution in [0.1, 0.15) is 62.9 Å². The molecule has 2 aromatic heterocycles. The molecule has 2 amide bonds. The van der Waals surface area contributed by atoms with Crippen LogP contribution in [-0.4, -0.2) is 50.4 Å². The molecule has 1 unspecified atom stereocenters. The molecule has 2 aromatic carbocycles. The Kier molecular flexibility index (Phi) is 7.65. The Morgan fingerprint density at radius 1 is 1.28 bits per heavy atom. The number of amides is 2. The molecule has 12 heteroatoms. The van der Waals surface area contributed by atoms with Crippen molar-refractivity contribution < 1.29 is 19.1 Å². The highest BCUT2D eigenvalue weighted by Gasteiger charge is 2.56. The molecule has 238 valence electrons. The minimum Gasteiger partial charge on any atom is -0.465 e. The van der Waals surface area contributed by atoms with Gasteiger partial charge in [0.25, 0.3) is 0 Å². The maximum absolute atomic E-state index is 17.0. The van der Waals surface area contributed by atoms with Gasteiger partial charge >= 0.3 is 6.09 Å². The molecule has 46 heavy (non-hydrogen) atoms. The minimum absolute atomic E-state index is 0.0125. The maximum Gasteiger partial charge on any atom is 0.407 e. The van der Waals surface area contributed by atoms with Gasteiger partial charge in [-0.1, -0.05) is 42.3 Å². The van der Waals surface area contributed by atoms with Crippen LogP contribution in [0.5, 0.6) is 0 Å². The van der Waals surface area contributed by atoms with Crippen LogP contribution < -0.4 is 5.32 Å². The van der Waals surface area contributed by atoms with Crippen molar-refractivity contribution in [1.82, 2.24) is 19.8 Å². The van der Waals surface area contributed by atoms with E-state index in [0.29, 0.717) is 28.1 Å². The van der Waals surface area contributed by atoms with Crippen molar-refractivity contribution in [2.75, 3.05) is 12.8 Å². The largest absolute Gasteiger partial charge is 0.465 e. The van der Waals surface area contributed by atoms with Gasteiger partial charge in [0, 0.05) is 51.9 Å². The van der Waals surface area contributed by atoms with Gasteiger partial charge in [0.2, 0.25) is 5.91 Å². The molecule has 4 heterocycles. The fourth-order valence-electron chi connectivity index (χ4n) is 7.36. The number of nitrogens with zero attached hydrogens (tertiary/aromatic N) is 4. The third-order valence-electron chi connectivity index (χ3n) is 10.1. The average Bonchev–Trinajstić information content (AvgIpc) is 3.34. The van der Waals surface area contributed by atoms with Crippen LogP contribution in [-0.2, 0) is 11.2 Å². The van der Waals surface area contributed by atoms with Gasteiger partial charge in [0.1, 0.15) is 10.5 Å². The summed E-state index contributed by atoms with van der Waals surface area (Å²) in [5, 5.41) is 25.2. The number of carboxylic acid groups (broad SMARTS) is 1. The number of rotatable bonds is 8. The fourth-order valence-corrected chi connectivity index (χ4v) is 8.32. The van der Waals surface area contributed by atoms with Gasteiger partial charge in [-0.15, -0.1) is 11.8 Å². The lowest BCUT2D eigenvalue weighted by atomic mass is 9.79. The lowest BCUT2D eigenvalue weighted by Crippen LogP contribution is -2.43. The quantitative estimate of drug-likeness (QED) is 0.181. The van der Waals surface area contributed by atoms with Crippen molar-refractivity contribution in [1.29, 1.82) is 5.26 Å². The standard InChI is InChI=1S/C34H32Cl2FN5O3S/c1-16(39-32(43)34(2)9-10-34)23-14-21-30(42(23)29-18-13-24(29)41(15-18)33(44)45)20-12-17(6-5-11-38)25(19-7-4-8-22(35)26(19)36)27(37)28(20)40-31(21)46-3/h4,7-8,12,14,16,18,24,29H,5-6,9-10,13,15H2,1-3H3,(H,39,43)(H,44,45)/t16?,18-,24-,29+/m1/s1. The van der Waals surface area contributed by atoms with Crippen molar-refractivity contribution in [3.05, 3.63) is 57.5 Å². The summed E-state index contributed by atoms with van der Waals surface area (Å²) in [5.41, 5.74) is 2.61. The number of hydrogen-bond acceptors (Lipinski definition) is 5. The number of thioether (sulfide) groups is 1. The van der Waals surface area contributed by atoms with E-state index in [1.807, 2.05) is 32.2 Å². The molecule has 2 aliphatic carbocycles. The Balaban J connectivity index is 1.52. The summed E-state index contributed by atoms with van der Waals surface area (Å²) in [5.74, 6) is -0.498. The molecule has 4 fully saturated rings. The summed E-state index contributed by atoms with van der Waals surface area (Å²) in [6.45, 7) is 4.32. The predicted octanol–water partition coefficient (Wildman–Crippen LogP) is 8.38. The van der Waals surface area contributed by atoms with Crippen molar-refractivity contribution >= 4 is 68.8 Å². The second-order valence-corrected chi connectivity index (χ2v) is 14.5. The first-order valence-corrected chi connectivity index (χ1v) is 17.3. The smallest absolute Gasteiger partial charge is 0.407 e. The molecule has 0 radical (unpaired) electrons. The van der Waals surface area contributed by atoms with Crippen molar-refractivity contribution in [2.24, 2.45) is 11.3 Å². The van der Waals surface area contributed by atoms with Crippen LogP contribution >= 0.6 is 35.0 Å². The second-order valence-electron chi connectivity index (χ2n) is 12.9. The van der Waals surface area contributed by atoms with E-state index in [1.54, 1.807) is 18.2 Å². The Bertz CT molecular complexity index is 2000. The van der Waals surface area contributed by atoms with Gasteiger partial charge in [-0.25, -0.2) is 14.2 Å². The average molecular weight is 681 g/mol. The number of aryl methyl sites for hydroxylation is 1. The number of aromatic nitrogens is 2. The third-order valence-corrected chi connectivity index (χ3v) is 11.7. The second kappa shape index (κ2) is 11.3. The third kappa shape index (κ3) is 4.73. The topological polar surface area (TPSA) is 111 Å². The van der Waals surface area contributed by atoms with E-state index in [0.717, 1.165) is 35.9 Å². The summed E-state index contributed by atoms with van der Waals surface area (Å²) in [4.78, 5) is 31.7. The zero-order chi connectivity index (χ0) is 32.7. The number of nitrogens with one attached hydrogen (secondary N) is 1. The molecule has 2 bridgehead atoms. The number of nitriles is 1. The van der Waals surface area contributed by atoms with Crippen molar-refractivity contribution in [3.63, 3.8) is 0 Å². The van der Waals surface area contributed by atoms with Gasteiger partial charge in [-0.05, 0) is 62.6 Å². The first-order valence-electron chi connectivity index (χ1n) is 15.3. The zero-order valence-corrected chi connectivity index (χ0v) is 27.9. The first kappa shape index (κ1) is 31.1. The van der Waals surface area contributed by atoms with E-state index in [1.165, 1.54) is 16.7 Å². The summed E-state index contributed by atoms with van der Waals surface area (Å²) in [6, 6.07) is 10.3. The molecule has 2 aliphatic heterocycles. The Labute approximate surface area is 279 Å². The highest BCUT2D eigenvalue weighted by Crippen LogP contribution is 2.53. The monoisotopic (exact) mass is 679 g/mol. The summed E-state index contributed by atoms with van der Waals surface area (Å²) in [6.07, 6.45) is 3.77. The van der Waals surface area contributed by atoms with Crippen LogP contribution in [0.2, 0.25) is 10.0 Å². The molecule has 4 aliphatic rings. The van der Waals surface area contributed by atoms with E-state index in [2.05, 4.69) is 16.0 Å². The molecule has 8 nitrogen and oxygen atoms in total. The van der Waals surface area contributed by atoms with E-state index in [4.69, 9.17) is 28.2 Å². The normalized spacial score (nSPS) is 21.7. The lowest BCUT2D eigenvalue weighted by molar-refractivity contribution is -0.126. The van der Waals surface area contributed by atoms with E-state index in [-0.39, 0.29) is 63.3 Å². The zero-order valence-electron chi connectivity index (χ0n) is 25.5. The molecule has 0 spiro atoms. The lowest BCUT2D eigenvalue weighted by Gasteiger charge is -2.39. The highest BCUT2D eigenvalue weighted by molar-refractivity contribution is 7.98. The van der Waals surface area contributed by atoms with E-state index in [9.17, 15) is 20.0 Å². The number of carbonyl (C=O) groups excluding carboxylic acids is 1. The number of pyridine rings is 1. The summed E-state index contributed by atoms with van der Waals surface area (Å²) < 4.78 is 19.2. The Morgan fingerprint density at radius 2 is 2.04 bits per heavy atom. The predicted molar refractivity (Wildman–Crippen MR) is 178 cm³/mol. The number of carbonyl (C=O) groups is 2. The van der Waals surface area contributed by atoms with Gasteiger partial charge in [0.15, 0.2) is 5.82 Å². The van der Waals surface area contributed by atoms with Gasteiger partial charge in [-0.2, -0.15) is 5.26 Å². The van der Waals surface area contributed by atoms with Crippen LogP contribution in [0, 0.1) is 28.5 Å². The molecular weight excluding hydrogens is 648 g/mol. The van der Waals surface area contributed by atoms with Gasteiger partial charge < -0.3 is 19.9 Å². The van der Waals surface area contributed by atoms with Gasteiger partial charge in [0.05, 0.1) is 39.8 Å². The number of hydrogen-bond donors (Lipinski definition) is 2. The van der Waals surface area contributed by atoms with Crippen LogP contribution in [0.15, 0.2) is 35.4 Å². The van der Waals surface area contributed by atoms with Crippen LogP contribution in [0.25, 0.3) is 32.9 Å². The Morgan fingerprint density at radius 3 is 2.70 bits per heavy atom. The fraction of sp³-hybridized carbons (Fsp3) is 0.412. The molecule has 2 saturated carbocycles. The highest BCUT2D eigenvalue weighted by atomic mass is 35.5. The van der Waals surface area contributed by atoms with Crippen LogP contribution in [0.4, 0.5) is 9.18 Å². The maximum atomic E-state index is 17.0. The SMILES string of the molecule is CSc1nc2c(F)c(-c3cccc(Cl)c3Cl)c(CCC#N)cc2c2c1cc(C(C)NC(=O)C1(C)CC1)n2[C@H]1[C@@H]2C[C@H]1N(C(=O)O)C2. The molecule has 2 N–H and O–H groups in total. The van der Waals surface area contributed by atoms with Crippen LogP contribution in [0.3, 0.4) is 0 Å². The van der Waals surface area contributed by atoms with E-state index < -0.39 is 18.0 Å². The van der Waals surface area contributed by atoms with E-state index >= 15 is 4.39 Å². The van der Waals surface area contributed by atoms with Gasteiger partial charge in [-0.3, -0.25) is 4.79 Å². The Hall–Kier alpha value is -3.52. The molecule has 4 atom stereocenters. The number of halogens is 3. The molecular formula is C34H32Cl2FN5O3S. The molecule has 2 saturated heterocycles.